The van der Waals surface area contributed by atoms with Gasteiger partial charge in [-0.25, -0.2) is 0 Å². The van der Waals surface area contributed by atoms with Gasteiger partial charge < -0.3 is 15.5 Å². The minimum Gasteiger partial charge on any atom is -0.354 e. The van der Waals surface area contributed by atoms with Gasteiger partial charge in [0.15, 0.2) is 0 Å². The van der Waals surface area contributed by atoms with Crippen LogP contribution in [-0.2, 0) is 9.59 Å². The van der Waals surface area contributed by atoms with E-state index in [4.69, 9.17) is 0 Å². The maximum Gasteiger partial charge on any atom is 0.252 e. The van der Waals surface area contributed by atoms with Gasteiger partial charge in [-0.3, -0.25) is 19.4 Å². The quantitative estimate of drug-likeness (QED) is 0.772. The van der Waals surface area contributed by atoms with Crippen LogP contribution in [0.3, 0.4) is 0 Å². The maximum absolute atomic E-state index is 12.2. The molecule has 0 saturated carbocycles. The van der Waals surface area contributed by atoms with Crippen LogP contribution in [0.1, 0.15) is 37.6 Å². The fraction of sp³-hybridized carbons (Fsp3) is 0.529. The second-order valence-corrected chi connectivity index (χ2v) is 6.86. The van der Waals surface area contributed by atoms with Crippen molar-refractivity contribution in [1.82, 2.24) is 20.5 Å². The average molecular weight is 332 g/mol. The minimum absolute atomic E-state index is 0.00697. The third-order valence-electron chi connectivity index (χ3n) is 3.94. The van der Waals surface area contributed by atoms with Crippen LogP contribution in [0.2, 0.25) is 0 Å². The second-order valence-electron chi connectivity index (χ2n) is 6.86. The molecule has 1 saturated heterocycles. The number of likely N-dealkylation sites (tertiary alicyclic amines) is 1. The zero-order valence-corrected chi connectivity index (χ0v) is 14.3. The fourth-order valence-corrected chi connectivity index (χ4v) is 2.64. The van der Waals surface area contributed by atoms with Gasteiger partial charge in [0.05, 0.1) is 11.5 Å². The predicted octanol–water partition coefficient (Wildman–Crippen LogP) is 0.575. The van der Waals surface area contributed by atoms with Crippen molar-refractivity contribution in [2.75, 3.05) is 19.6 Å². The number of pyridine rings is 1. The number of aromatic nitrogens is 1. The molecule has 1 atom stereocenters. The van der Waals surface area contributed by atoms with Gasteiger partial charge in [0.2, 0.25) is 11.8 Å². The molecule has 1 aliphatic rings. The number of nitrogens with zero attached hydrogens (tertiary/aromatic N) is 2. The largest absolute Gasteiger partial charge is 0.354 e. The van der Waals surface area contributed by atoms with Gasteiger partial charge in [0.25, 0.3) is 5.91 Å². The molecule has 3 amide bonds. The molecule has 7 nitrogen and oxygen atoms in total. The van der Waals surface area contributed by atoms with Crippen molar-refractivity contribution in [2.24, 2.45) is 5.92 Å². The zero-order chi connectivity index (χ0) is 17.7. The number of nitrogens with one attached hydrogen (secondary N) is 2. The van der Waals surface area contributed by atoms with Crippen molar-refractivity contribution in [3.63, 3.8) is 0 Å². The van der Waals surface area contributed by atoms with Crippen LogP contribution >= 0.6 is 0 Å². The molecule has 1 aliphatic heterocycles. The molecule has 130 valence electrons. The summed E-state index contributed by atoms with van der Waals surface area (Å²) >= 11 is 0. The van der Waals surface area contributed by atoms with Gasteiger partial charge in [-0.05, 0) is 32.9 Å². The van der Waals surface area contributed by atoms with E-state index in [1.54, 1.807) is 23.2 Å². The lowest BCUT2D eigenvalue weighted by atomic mass is 10.1. The summed E-state index contributed by atoms with van der Waals surface area (Å²) in [5.74, 6) is -0.698. The first-order valence-corrected chi connectivity index (χ1v) is 8.05. The van der Waals surface area contributed by atoms with Gasteiger partial charge in [0.1, 0.15) is 0 Å². The highest BCUT2D eigenvalue weighted by molar-refractivity contribution is 5.93. The molecule has 0 bridgehead atoms. The topological polar surface area (TPSA) is 91.4 Å². The van der Waals surface area contributed by atoms with Gasteiger partial charge in [-0.1, -0.05) is 0 Å². The van der Waals surface area contributed by atoms with Gasteiger partial charge in [-0.15, -0.1) is 0 Å². The van der Waals surface area contributed by atoms with E-state index in [0.29, 0.717) is 25.2 Å². The summed E-state index contributed by atoms with van der Waals surface area (Å²) in [6, 6.07) is 3.36. The Morgan fingerprint density at radius 3 is 2.58 bits per heavy atom. The number of hydrogen-bond donors (Lipinski definition) is 2. The molecule has 2 heterocycles. The molecule has 2 N–H and O–H groups in total. The van der Waals surface area contributed by atoms with E-state index in [0.717, 1.165) is 0 Å². The Morgan fingerprint density at radius 1 is 1.29 bits per heavy atom. The summed E-state index contributed by atoms with van der Waals surface area (Å²) in [5.41, 5.74) is 0.204. The van der Waals surface area contributed by atoms with Crippen molar-refractivity contribution >= 4 is 17.7 Å². The minimum atomic E-state index is -0.328. The summed E-state index contributed by atoms with van der Waals surface area (Å²) in [7, 11) is 0. The summed E-state index contributed by atoms with van der Waals surface area (Å²) in [4.78, 5) is 41.6. The molecule has 1 aromatic rings. The molecule has 0 spiro atoms. The molecule has 7 heteroatoms. The summed E-state index contributed by atoms with van der Waals surface area (Å²) in [6.07, 6.45) is 3.32. The fourth-order valence-electron chi connectivity index (χ4n) is 2.64. The van der Waals surface area contributed by atoms with Crippen molar-refractivity contribution in [3.8, 4) is 0 Å². The lowest BCUT2D eigenvalue weighted by molar-refractivity contribution is -0.132. The Hall–Kier alpha value is -2.44. The molecule has 0 aromatic carbocycles. The van der Waals surface area contributed by atoms with E-state index in [-0.39, 0.29) is 35.6 Å². The average Bonchev–Trinajstić information content (AvgIpc) is 2.94. The van der Waals surface area contributed by atoms with Crippen molar-refractivity contribution in [1.29, 1.82) is 0 Å². The Morgan fingerprint density at radius 2 is 2.00 bits per heavy atom. The van der Waals surface area contributed by atoms with Crippen molar-refractivity contribution < 1.29 is 14.4 Å². The third kappa shape index (κ3) is 4.53. The first-order chi connectivity index (χ1) is 11.3. The highest BCUT2D eigenvalue weighted by Crippen LogP contribution is 2.25. The molecule has 1 aromatic heterocycles. The Balaban J connectivity index is 1.72. The van der Waals surface area contributed by atoms with Crippen molar-refractivity contribution in [2.45, 2.75) is 32.7 Å². The molecular formula is C17H24N4O3. The van der Waals surface area contributed by atoms with Crippen molar-refractivity contribution in [3.05, 3.63) is 30.1 Å². The summed E-state index contributed by atoms with van der Waals surface area (Å²) in [5, 5.41) is 5.49. The Bertz CT molecular complexity index is 610. The highest BCUT2D eigenvalue weighted by atomic mass is 16.2. The summed E-state index contributed by atoms with van der Waals surface area (Å²) in [6.45, 7) is 6.96. The van der Waals surface area contributed by atoms with Gasteiger partial charge >= 0.3 is 0 Å². The van der Waals surface area contributed by atoms with Crippen LogP contribution in [-0.4, -0.2) is 52.8 Å². The molecule has 0 radical (unpaired) electrons. The standard InChI is InChI=1S/C17H24N4O3/c1-17(2,3)21-11-13(9-14(21)22)16(24)20-8-7-19-15(23)12-5-4-6-18-10-12/h4-6,10,13H,7-9,11H2,1-3H3,(H,19,23)(H,20,24). The van der Waals surface area contributed by atoms with E-state index >= 15 is 0 Å². The zero-order valence-electron chi connectivity index (χ0n) is 14.3. The monoisotopic (exact) mass is 332 g/mol. The molecule has 0 aliphatic carbocycles. The van der Waals surface area contributed by atoms with E-state index in [1.165, 1.54) is 6.20 Å². The van der Waals surface area contributed by atoms with E-state index < -0.39 is 0 Å². The number of hydrogen-bond acceptors (Lipinski definition) is 4. The predicted molar refractivity (Wildman–Crippen MR) is 89.2 cm³/mol. The lowest BCUT2D eigenvalue weighted by Crippen LogP contribution is -2.43. The number of carbonyl (C=O) groups excluding carboxylic acids is 3. The lowest BCUT2D eigenvalue weighted by Gasteiger charge is -2.31. The molecule has 24 heavy (non-hydrogen) atoms. The third-order valence-corrected chi connectivity index (χ3v) is 3.94. The number of amides is 3. The molecule has 2 rings (SSSR count). The van der Waals surface area contributed by atoms with Crippen LogP contribution in [0.15, 0.2) is 24.5 Å². The Kier molecular flexibility index (Phi) is 5.54. The maximum atomic E-state index is 12.2. The van der Waals surface area contributed by atoms with Gasteiger partial charge in [0, 0.05) is 44.0 Å². The highest BCUT2D eigenvalue weighted by Gasteiger charge is 2.39. The molecule has 1 fully saturated rings. The van der Waals surface area contributed by atoms with Crippen LogP contribution in [0.5, 0.6) is 0 Å². The van der Waals surface area contributed by atoms with Gasteiger partial charge in [-0.2, -0.15) is 0 Å². The molecular weight excluding hydrogens is 308 g/mol. The van der Waals surface area contributed by atoms with E-state index in [2.05, 4.69) is 15.6 Å². The molecule has 1 unspecified atom stereocenters. The first kappa shape index (κ1) is 17.9. The number of rotatable bonds is 5. The smallest absolute Gasteiger partial charge is 0.252 e. The van der Waals surface area contributed by atoms with Crippen LogP contribution < -0.4 is 10.6 Å². The Labute approximate surface area is 141 Å². The summed E-state index contributed by atoms with van der Waals surface area (Å²) < 4.78 is 0. The first-order valence-electron chi connectivity index (χ1n) is 8.05. The van der Waals surface area contributed by atoms with Crippen LogP contribution in [0.25, 0.3) is 0 Å². The number of carbonyl (C=O) groups is 3. The van der Waals surface area contributed by atoms with Crippen LogP contribution in [0, 0.1) is 5.92 Å². The van der Waals surface area contributed by atoms with E-state index in [1.807, 2.05) is 20.8 Å². The normalized spacial score (nSPS) is 17.7. The second kappa shape index (κ2) is 7.42. The van der Waals surface area contributed by atoms with Crippen LogP contribution in [0.4, 0.5) is 0 Å². The SMILES string of the molecule is CC(C)(C)N1CC(C(=O)NCCNC(=O)c2cccnc2)CC1=O. The van der Waals surface area contributed by atoms with E-state index in [9.17, 15) is 14.4 Å².